The molecule has 0 amide bonds. The number of aromatic nitrogens is 4. The lowest BCUT2D eigenvalue weighted by Gasteiger charge is -2.34. The predicted octanol–water partition coefficient (Wildman–Crippen LogP) is 4.28. The molecule has 7 rings (SSSR count). The van der Waals surface area contributed by atoms with Crippen LogP contribution < -0.4 is 9.80 Å². The summed E-state index contributed by atoms with van der Waals surface area (Å²) in [6.07, 6.45) is 0. The third-order valence-corrected chi connectivity index (χ3v) is 8.10. The largest absolute Gasteiger partial charge is 0.369 e. The fourth-order valence-corrected chi connectivity index (χ4v) is 5.58. The minimum absolute atomic E-state index is 0.892. The number of anilines is 2. The van der Waals surface area contributed by atoms with Gasteiger partial charge in [0.15, 0.2) is 0 Å². The summed E-state index contributed by atoms with van der Waals surface area (Å²) in [6.45, 7) is 8.63. The molecule has 3 aromatic carbocycles. The standard InChI is InChI=1S/C30H34N8/c1-35-11-15-37(16-12-35)23-7-9-25-27(19-23)33-29(31-25)21-3-5-22(6-4-21)30-32-26-10-8-24(20-28(26)34-30)38-17-13-36(2)14-18-38/h3-10,19-20H,11-18H2,1-2H3,(H,31,33)(H,32,34). The number of benzene rings is 3. The highest BCUT2D eigenvalue weighted by atomic mass is 15.3. The molecule has 2 aliphatic rings. The van der Waals surface area contributed by atoms with Gasteiger partial charge in [0.1, 0.15) is 11.6 Å². The van der Waals surface area contributed by atoms with Gasteiger partial charge in [-0.3, -0.25) is 0 Å². The molecule has 194 valence electrons. The van der Waals surface area contributed by atoms with E-state index in [-0.39, 0.29) is 0 Å². The number of piperazine rings is 2. The van der Waals surface area contributed by atoms with E-state index in [1.165, 1.54) is 11.4 Å². The Morgan fingerprint density at radius 1 is 0.526 bits per heavy atom. The van der Waals surface area contributed by atoms with Crippen LogP contribution in [0.5, 0.6) is 0 Å². The van der Waals surface area contributed by atoms with Gasteiger partial charge in [0.25, 0.3) is 0 Å². The molecular weight excluding hydrogens is 472 g/mol. The lowest BCUT2D eigenvalue weighted by atomic mass is 10.1. The van der Waals surface area contributed by atoms with Crippen molar-refractivity contribution in [2.75, 3.05) is 76.3 Å². The first kappa shape index (κ1) is 23.3. The van der Waals surface area contributed by atoms with Crippen LogP contribution in [0, 0.1) is 0 Å². The van der Waals surface area contributed by atoms with Crippen LogP contribution in [0.1, 0.15) is 0 Å². The summed E-state index contributed by atoms with van der Waals surface area (Å²) in [5.41, 5.74) is 8.81. The highest BCUT2D eigenvalue weighted by Crippen LogP contribution is 2.29. The van der Waals surface area contributed by atoms with E-state index in [1.54, 1.807) is 0 Å². The lowest BCUT2D eigenvalue weighted by molar-refractivity contribution is 0.313. The number of H-pyrrole nitrogens is 2. The van der Waals surface area contributed by atoms with Gasteiger partial charge in [0.2, 0.25) is 0 Å². The molecule has 8 heteroatoms. The Bertz CT molecular complexity index is 1450. The maximum absolute atomic E-state index is 4.86. The summed E-state index contributed by atoms with van der Waals surface area (Å²) in [5.74, 6) is 1.78. The quantitative estimate of drug-likeness (QED) is 0.379. The van der Waals surface area contributed by atoms with Gasteiger partial charge in [-0.25, -0.2) is 9.97 Å². The molecule has 0 spiro atoms. The first-order chi connectivity index (χ1) is 18.6. The minimum Gasteiger partial charge on any atom is -0.369 e. The summed E-state index contributed by atoms with van der Waals surface area (Å²) in [7, 11) is 4.37. The van der Waals surface area contributed by atoms with Gasteiger partial charge in [0.05, 0.1) is 22.1 Å². The maximum Gasteiger partial charge on any atom is 0.138 e. The number of imidazole rings is 2. The Morgan fingerprint density at radius 2 is 0.921 bits per heavy atom. The normalized spacial score (nSPS) is 17.6. The Hall–Kier alpha value is -3.88. The molecule has 4 heterocycles. The zero-order chi connectivity index (χ0) is 25.6. The zero-order valence-corrected chi connectivity index (χ0v) is 22.1. The minimum atomic E-state index is 0.892. The van der Waals surface area contributed by atoms with Gasteiger partial charge < -0.3 is 29.6 Å². The van der Waals surface area contributed by atoms with E-state index in [2.05, 4.69) is 104 Å². The molecule has 2 aromatic heterocycles. The third kappa shape index (κ3) is 4.40. The van der Waals surface area contributed by atoms with Crippen LogP contribution in [0.25, 0.3) is 44.8 Å². The number of fused-ring (bicyclic) bond motifs is 2. The average Bonchev–Trinajstić information content (AvgIpc) is 3.58. The molecule has 0 saturated carbocycles. The molecule has 0 unspecified atom stereocenters. The molecule has 2 saturated heterocycles. The fraction of sp³-hybridized carbons (Fsp3) is 0.333. The van der Waals surface area contributed by atoms with E-state index >= 15 is 0 Å². The monoisotopic (exact) mass is 506 g/mol. The molecule has 2 N–H and O–H groups in total. The van der Waals surface area contributed by atoms with Gasteiger partial charge >= 0.3 is 0 Å². The molecule has 0 atom stereocenters. The van der Waals surface area contributed by atoms with Crippen molar-refractivity contribution in [2.45, 2.75) is 0 Å². The van der Waals surface area contributed by atoms with Crippen molar-refractivity contribution in [3.05, 3.63) is 60.7 Å². The molecular formula is C30H34N8. The summed E-state index contributed by atoms with van der Waals surface area (Å²) in [5, 5.41) is 0. The Kier molecular flexibility index (Phi) is 5.78. The van der Waals surface area contributed by atoms with Gasteiger partial charge in [-0.1, -0.05) is 24.3 Å². The van der Waals surface area contributed by atoms with Crippen molar-refractivity contribution in [3.63, 3.8) is 0 Å². The van der Waals surface area contributed by atoms with E-state index in [1.807, 2.05) is 0 Å². The van der Waals surface area contributed by atoms with E-state index in [0.717, 1.165) is 97.2 Å². The first-order valence-electron chi connectivity index (χ1n) is 13.6. The van der Waals surface area contributed by atoms with Crippen molar-refractivity contribution in [1.82, 2.24) is 29.7 Å². The van der Waals surface area contributed by atoms with Gasteiger partial charge in [-0.15, -0.1) is 0 Å². The Morgan fingerprint density at radius 3 is 1.32 bits per heavy atom. The second-order valence-electron chi connectivity index (χ2n) is 10.7. The second kappa shape index (κ2) is 9.45. The SMILES string of the molecule is CN1CCN(c2ccc3nc(-c4ccc(-c5nc6ccc(N7CCN(C)CC7)cc6[nH]5)cc4)[nH]c3c2)CC1. The van der Waals surface area contributed by atoms with E-state index < -0.39 is 0 Å². The molecule has 0 radical (unpaired) electrons. The zero-order valence-electron chi connectivity index (χ0n) is 22.1. The molecule has 5 aromatic rings. The lowest BCUT2D eigenvalue weighted by Crippen LogP contribution is -2.44. The van der Waals surface area contributed by atoms with Gasteiger partial charge in [-0.2, -0.15) is 0 Å². The van der Waals surface area contributed by atoms with Crippen molar-refractivity contribution >= 4 is 33.4 Å². The number of aromatic amines is 2. The van der Waals surface area contributed by atoms with Crippen LogP contribution in [-0.4, -0.2) is 96.2 Å². The van der Waals surface area contributed by atoms with Crippen LogP contribution in [0.2, 0.25) is 0 Å². The fourth-order valence-electron chi connectivity index (χ4n) is 5.58. The second-order valence-corrected chi connectivity index (χ2v) is 10.7. The third-order valence-electron chi connectivity index (χ3n) is 8.10. The summed E-state index contributed by atoms with van der Waals surface area (Å²) in [6, 6.07) is 21.6. The van der Waals surface area contributed by atoms with Gasteiger partial charge in [0, 0.05) is 74.9 Å². The molecule has 8 nitrogen and oxygen atoms in total. The first-order valence-corrected chi connectivity index (χ1v) is 13.6. The highest BCUT2D eigenvalue weighted by Gasteiger charge is 2.17. The van der Waals surface area contributed by atoms with Crippen molar-refractivity contribution in [3.8, 4) is 22.8 Å². The van der Waals surface area contributed by atoms with Crippen LogP contribution in [-0.2, 0) is 0 Å². The number of hydrogen-bond acceptors (Lipinski definition) is 6. The molecule has 0 bridgehead atoms. The molecule has 2 aliphatic heterocycles. The number of hydrogen-bond donors (Lipinski definition) is 2. The number of nitrogens with one attached hydrogen (secondary N) is 2. The predicted molar refractivity (Wildman–Crippen MR) is 156 cm³/mol. The molecule has 0 aliphatic carbocycles. The Labute approximate surface area is 222 Å². The number of nitrogens with zero attached hydrogens (tertiary/aromatic N) is 6. The van der Waals surface area contributed by atoms with Crippen LogP contribution in [0.3, 0.4) is 0 Å². The number of rotatable bonds is 4. The molecule has 2 fully saturated rings. The van der Waals surface area contributed by atoms with Crippen LogP contribution in [0.4, 0.5) is 11.4 Å². The highest BCUT2D eigenvalue weighted by molar-refractivity contribution is 5.85. The number of likely N-dealkylation sites (N-methyl/N-ethyl adjacent to an activating group) is 2. The molecule has 38 heavy (non-hydrogen) atoms. The average molecular weight is 507 g/mol. The van der Waals surface area contributed by atoms with Gasteiger partial charge in [-0.05, 0) is 50.5 Å². The van der Waals surface area contributed by atoms with E-state index in [0.29, 0.717) is 0 Å². The van der Waals surface area contributed by atoms with Crippen LogP contribution >= 0.6 is 0 Å². The topological polar surface area (TPSA) is 70.3 Å². The van der Waals surface area contributed by atoms with E-state index in [4.69, 9.17) is 9.97 Å². The van der Waals surface area contributed by atoms with E-state index in [9.17, 15) is 0 Å². The van der Waals surface area contributed by atoms with Crippen LogP contribution in [0.15, 0.2) is 60.7 Å². The summed E-state index contributed by atoms with van der Waals surface area (Å²) in [4.78, 5) is 26.5. The summed E-state index contributed by atoms with van der Waals surface area (Å²) < 4.78 is 0. The maximum atomic E-state index is 4.86. The van der Waals surface area contributed by atoms with Crippen molar-refractivity contribution in [1.29, 1.82) is 0 Å². The smallest absolute Gasteiger partial charge is 0.138 e. The van der Waals surface area contributed by atoms with Crippen molar-refractivity contribution < 1.29 is 0 Å². The van der Waals surface area contributed by atoms with Crippen molar-refractivity contribution in [2.24, 2.45) is 0 Å². The Balaban J connectivity index is 1.11. The summed E-state index contributed by atoms with van der Waals surface area (Å²) >= 11 is 0.